The molecular weight excluding hydrogens is 286 g/mol. The summed E-state index contributed by atoms with van der Waals surface area (Å²) < 4.78 is 0. The zero-order valence-corrected chi connectivity index (χ0v) is 15.4. The molecule has 0 spiro atoms. The van der Waals surface area contributed by atoms with Gasteiger partial charge >= 0.3 is 6.03 Å². The van der Waals surface area contributed by atoms with Crippen molar-refractivity contribution in [2.24, 2.45) is 5.92 Å². The van der Waals surface area contributed by atoms with Crippen LogP contribution in [0.15, 0.2) is 12.1 Å². The average molecular weight is 317 g/mol. The van der Waals surface area contributed by atoms with E-state index in [0.29, 0.717) is 12.0 Å². The predicted molar refractivity (Wildman–Crippen MR) is 97.1 cm³/mol. The lowest BCUT2D eigenvalue weighted by Gasteiger charge is -2.41. The van der Waals surface area contributed by atoms with Crippen LogP contribution < -0.4 is 5.32 Å². The number of likely N-dealkylation sites (tertiary alicyclic amines) is 1. The maximum atomic E-state index is 12.7. The van der Waals surface area contributed by atoms with Gasteiger partial charge in [0.05, 0.1) is 0 Å². The molecule has 2 rings (SSSR count). The van der Waals surface area contributed by atoms with Crippen molar-refractivity contribution in [2.75, 3.05) is 32.0 Å². The van der Waals surface area contributed by atoms with E-state index in [9.17, 15) is 4.79 Å². The third-order valence-corrected chi connectivity index (χ3v) is 5.12. The van der Waals surface area contributed by atoms with Gasteiger partial charge in [-0.05, 0) is 50.8 Å². The van der Waals surface area contributed by atoms with Crippen LogP contribution in [0, 0.1) is 26.7 Å². The molecule has 1 fully saturated rings. The summed E-state index contributed by atoms with van der Waals surface area (Å²) >= 11 is 0. The van der Waals surface area contributed by atoms with Gasteiger partial charge in [0.25, 0.3) is 0 Å². The quantitative estimate of drug-likeness (QED) is 0.920. The number of anilines is 1. The van der Waals surface area contributed by atoms with Gasteiger partial charge in [0.15, 0.2) is 0 Å². The van der Waals surface area contributed by atoms with Crippen LogP contribution in [0.25, 0.3) is 0 Å². The highest BCUT2D eigenvalue weighted by Gasteiger charge is 2.30. The third-order valence-electron chi connectivity index (χ3n) is 5.12. The molecule has 0 radical (unpaired) electrons. The minimum absolute atomic E-state index is 0.00171. The minimum Gasteiger partial charge on any atom is -0.324 e. The number of benzene rings is 1. The van der Waals surface area contributed by atoms with E-state index in [1.807, 2.05) is 11.9 Å². The zero-order chi connectivity index (χ0) is 17.1. The standard InChI is InChI=1S/C19H31N3O/c1-7-22-9-8-17(16(5)12-22)21(6)19(23)20-18-14(3)10-13(2)11-15(18)4/h10-11,16-17H,7-9,12H2,1-6H3,(H,20,23)/t16-,17-/m1/s1. The number of aryl methyl sites for hydroxylation is 3. The molecule has 0 saturated carbocycles. The van der Waals surface area contributed by atoms with Crippen molar-refractivity contribution < 1.29 is 4.79 Å². The molecule has 1 aromatic carbocycles. The van der Waals surface area contributed by atoms with Crippen LogP contribution in [0.5, 0.6) is 0 Å². The lowest BCUT2D eigenvalue weighted by atomic mass is 9.93. The van der Waals surface area contributed by atoms with Crippen LogP contribution >= 0.6 is 0 Å². The number of hydrogen-bond donors (Lipinski definition) is 1. The maximum absolute atomic E-state index is 12.7. The Labute approximate surface area is 140 Å². The van der Waals surface area contributed by atoms with Gasteiger partial charge in [-0.2, -0.15) is 0 Å². The first-order valence-corrected chi connectivity index (χ1v) is 8.67. The van der Waals surface area contributed by atoms with Gasteiger partial charge < -0.3 is 15.1 Å². The van der Waals surface area contributed by atoms with Crippen molar-refractivity contribution in [3.05, 3.63) is 28.8 Å². The van der Waals surface area contributed by atoms with Gasteiger partial charge in [-0.25, -0.2) is 4.79 Å². The number of nitrogens with zero attached hydrogens (tertiary/aromatic N) is 2. The monoisotopic (exact) mass is 317 g/mol. The summed E-state index contributed by atoms with van der Waals surface area (Å²) in [6, 6.07) is 4.54. The summed E-state index contributed by atoms with van der Waals surface area (Å²) in [6.07, 6.45) is 1.05. The van der Waals surface area contributed by atoms with Crippen molar-refractivity contribution in [3.8, 4) is 0 Å². The molecule has 1 N–H and O–H groups in total. The zero-order valence-electron chi connectivity index (χ0n) is 15.4. The number of urea groups is 1. The molecule has 0 aromatic heterocycles. The van der Waals surface area contributed by atoms with Gasteiger partial charge in [0.2, 0.25) is 0 Å². The number of nitrogens with one attached hydrogen (secondary N) is 1. The first-order chi connectivity index (χ1) is 10.8. The topological polar surface area (TPSA) is 35.6 Å². The fourth-order valence-corrected chi connectivity index (χ4v) is 3.81. The molecule has 2 atom stereocenters. The fourth-order valence-electron chi connectivity index (χ4n) is 3.81. The van der Waals surface area contributed by atoms with Crippen LogP contribution in [-0.4, -0.2) is 48.6 Å². The Bertz CT molecular complexity index is 547. The Morgan fingerprint density at radius 3 is 2.43 bits per heavy atom. The van der Waals surface area contributed by atoms with Crippen LogP contribution in [0.4, 0.5) is 10.5 Å². The number of carbonyl (C=O) groups excluding carboxylic acids is 1. The van der Waals surface area contributed by atoms with Crippen LogP contribution in [0.2, 0.25) is 0 Å². The molecule has 1 heterocycles. The van der Waals surface area contributed by atoms with Crippen molar-refractivity contribution in [1.29, 1.82) is 0 Å². The Kier molecular flexibility index (Phi) is 5.69. The highest BCUT2D eigenvalue weighted by atomic mass is 16.2. The van der Waals surface area contributed by atoms with E-state index in [-0.39, 0.29) is 6.03 Å². The number of piperidine rings is 1. The second kappa shape index (κ2) is 7.35. The fraction of sp³-hybridized carbons (Fsp3) is 0.632. The number of amides is 2. The molecule has 23 heavy (non-hydrogen) atoms. The van der Waals surface area contributed by atoms with Gasteiger partial charge in [0.1, 0.15) is 0 Å². The Hall–Kier alpha value is -1.55. The Morgan fingerprint density at radius 1 is 1.30 bits per heavy atom. The van der Waals surface area contributed by atoms with Gasteiger partial charge in [-0.3, -0.25) is 0 Å². The molecule has 0 bridgehead atoms. The predicted octanol–water partition coefficient (Wildman–Crippen LogP) is 3.81. The van der Waals surface area contributed by atoms with E-state index in [1.165, 1.54) is 5.56 Å². The maximum Gasteiger partial charge on any atom is 0.321 e. The lowest BCUT2D eigenvalue weighted by molar-refractivity contribution is 0.101. The highest BCUT2D eigenvalue weighted by molar-refractivity contribution is 5.91. The highest BCUT2D eigenvalue weighted by Crippen LogP contribution is 2.25. The first kappa shape index (κ1) is 17.8. The van der Waals surface area contributed by atoms with Crippen LogP contribution in [0.1, 0.15) is 37.0 Å². The molecule has 4 nitrogen and oxygen atoms in total. The second-order valence-corrected chi connectivity index (χ2v) is 7.04. The SMILES string of the molecule is CCN1CC[C@@H](N(C)C(=O)Nc2c(C)cc(C)cc2C)[C@H](C)C1. The molecule has 2 amide bonds. The summed E-state index contributed by atoms with van der Waals surface area (Å²) in [5.41, 5.74) is 4.43. The number of hydrogen-bond acceptors (Lipinski definition) is 2. The molecule has 1 aromatic rings. The molecule has 0 aliphatic carbocycles. The minimum atomic E-state index is 0.00171. The average Bonchev–Trinajstić information content (AvgIpc) is 2.49. The largest absolute Gasteiger partial charge is 0.324 e. The molecular formula is C19H31N3O. The van der Waals surface area contributed by atoms with Crippen molar-refractivity contribution in [2.45, 2.75) is 47.1 Å². The van der Waals surface area contributed by atoms with Crippen LogP contribution in [-0.2, 0) is 0 Å². The van der Waals surface area contributed by atoms with Crippen molar-refractivity contribution in [3.63, 3.8) is 0 Å². The van der Waals surface area contributed by atoms with E-state index in [1.54, 1.807) is 0 Å². The van der Waals surface area contributed by atoms with Crippen molar-refractivity contribution in [1.82, 2.24) is 9.80 Å². The molecule has 0 unspecified atom stereocenters. The summed E-state index contributed by atoms with van der Waals surface area (Å²) in [5.74, 6) is 0.500. The second-order valence-electron chi connectivity index (χ2n) is 7.04. The van der Waals surface area contributed by atoms with E-state index < -0.39 is 0 Å². The van der Waals surface area contributed by atoms with Gasteiger partial charge in [0, 0.05) is 31.9 Å². The smallest absolute Gasteiger partial charge is 0.321 e. The summed E-state index contributed by atoms with van der Waals surface area (Å²) in [7, 11) is 1.93. The molecule has 1 aliphatic rings. The first-order valence-electron chi connectivity index (χ1n) is 8.67. The van der Waals surface area contributed by atoms with Gasteiger partial charge in [-0.1, -0.05) is 31.5 Å². The summed E-state index contributed by atoms with van der Waals surface area (Å²) in [6.45, 7) is 13.9. The van der Waals surface area contributed by atoms with E-state index in [4.69, 9.17) is 0 Å². The summed E-state index contributed by atoms with van der Waals surface area (Å²) in [5, 5.41) is 3.12. The molecule has 128 valence electrons. The van der Waals surface area contributed by atoms with E-state index >= 15 is 0 Å². The molecule has 4 heteroatoms. The van der Waals surface area contributed by atoms with Crippen molar-refractivity contribution >= 4 is 11.7 Å². The van der Waals surface area contributed by atoms with Crippen LogP contribution in [0.3, 0.4) is 0 Å². The third kappa shape index (κ3) is 4.05. The van der Waals surface area contributed by atoms with E-state index in [0.717, 1.165) is 42.9 Å². The summed E-state index contributed by atoms with van der Waals surface area (Å²) in [4.78, 5) is 17.1. The normalized spacial score (nSPS) is 22.0. The van der Waals surface area contributed by atoms with E-state index in [2.05, 4.69) is 57.0 Å². The Balaban J connectivity index is 2.06. The number of carbonyl (C=O) groups is 1. The van der Waals surface area contributed by atoms with Gasteiger partial charge in [-0.15, -0.1) is 0 Å². The molecule has 1 aliphatic heterocycles. The lowest BCUT2D eigenvalue weighted by Crippen LogP contribution is -2.51. The number of rotatable bonds is 3. The Morgan fingerprint density at radius 2 is 1.91 bits per heavy atom. The molecule has 1 saturated heterocycles.